The minimum Gasteiger partial charge on any atom is -0.497 e. The summed E-state index contributed by atoms with van der Waals surface area (Å²) in [6.45, 7) is -0.800. The Labute approximate surface area is 177 Å². The largest absolute Gasteiger partial charge is 0.497 e. The molecule has 1 amide bonds. The average molecular weight is 423 g/mol. The molecule has 9 heteroatoms. The number of carbonyl (C=O) groups is 1. The molecule has 0 radical (unpaired) electrons. The average Bonchev–Trinajstić information content (AvgIpc) is 3.03. The lowest BCUT2D eigenvalue weighted by Gasteiger charge is -2.27. The summed E-state index contributed by atoms with van der Waals surface area (Å²) >= 11 is 0. The predicted molar refractivity (Wildman–Crippen MR) is 110 cm³/mol. The fourth-order valence-corrected chi connectivity index (χ4v) is 3.62. The van der Waals surface area contributed by atoms with E-state index in [1.807, 2.05) is 0 Å². The number of nitrogens with zero attached hydrogens (tertiary/aromatic N) is 4. The highest BCUT2D eigenvalue weighted by Gasteiger charge is 2.50. The van der Waals surface area contributed by atoms with E-state index in [0.717, 1.165) is 6.20 Å². The van der Waals surface area contributed by atoms with Crippen LogP contribution in [0.25, 0.3) is 11.1 Å². The van der Waals surface area contributed by atoms with Gasteiger partial charge in [0, 0.05) is 25.0 Å². The quantitative estimate of drug-likeness (QED) is 0.681. The molecular formula is C22H19F2N5O2. The van der Waals surface area contributed by atoms with Gasteiger partial charge in [-0.3, -0.25) is 19.7 Å². The standard InChI is InChI=1S/C22H19F2N5O2/c1-29-20(30)22(28-21(29)25,15-3-4-27-18(8-15)10-23)16-5-13(7-19(9-16)31-2)14-6-17(24)12-26-11-14/h3-9,11-12H,10H2,1-2H3,(H2,25,28). The number of methoxy groups -OCH3 is 1. The van der Waals surface area contributed by atoms with Crippen LogP contribution in [0, 0.1) is 5.82 Å². The van der Waals surface area contributed by atoms with Gasteiger partial charge in [0.25, 0.3) is 5.91 Å². The minimum absolute atomic E-state index is 0.0143. The minimum atomic E-state index is -1.57. The Hall–Kier alpha value is -3.88. The van der Waals surface area contributed by atoms with Crippen molar-refractivity contribution >= 4 is 11.9 Å². The highest BCUT2D eigenvalue weighted by atomic mass is 19.1. The zero-order valence-corrected chi connectivity index (χ0v) is 16.8. The van der Waals surface area contributed by atoms with Crippen LogP contribution >= 0.6 is 0 Å². The number of rotatable bonds is 5. The molecule has 0 spiro atoms. The van der Waals surface area contributed by atoms with Crippen LogP contribution < -0.4 is 10.5 Å². The third kappa shape index (κ3) is 3.37. The molecule has 1 aliphatic heterocycles. The van der Waals surface area contributed by atoms with Gasteiger partial charge in [-0.05, 0) is 53.1 Å². The number of benzene rings is 1. The first-order valence-electron chi connectivity index (χ1n) is 9.34. The predicted octanol–water partition coefficient (Wildman–Crippen LogP) is 2.79. The molecule has 7 nitrogen and oxygen atoms in total. The van der Waals surface area contributed by atoms with Gasteiger partial charge in [0.1, 0.15) is 18.2 Å². The molecule has 1 unspecified atom stereocenters. The number of guanidine groups is 1. The number of hydrogen-bond donors (Lipinski definition) is 1. The number of ether oxygens (including phenoxy) is 1. The Morgan fingerprint density at radius 3 is 2.58 bits per heavy atom. The smallest absolute Gasteiger partial charge is 0.266 e. The maximum atomic E-state index is 13.8. The molecule has 4 rings (SSSR count). The molecule has 2 N–H and O–H groups in total. The van der Waals surface area contributed by atoms with Crippen LogP contribution in [0.3, 0.4) is 0 Å². The van der Waals surface area contributed by atoms with E-state index in [2.05, 4.69) is 15.0 Å². The van der Waals surface area contributed by atoms with E-state index >= 15 is 0 Å². The van der Waals surface area contributed by atoms with Crippen molar-refractivity contribution in [3.8, 4) is 16.9 Å². The fourth-order valence-electron chi connectivity index (χ4n) is 3.62. The van der Waals surface area contributed by atoms with Crippen molar-refractivity contribution in [3.05, 3.63) is 77.6 Å². The summed E-state index contributed by atoms with van der Waals surface area (Å²) in [5.74, 6) is -0.484. The Kier molecular flexibility index (Phi) is 5.10. The molecule has 0 saturated carbocycles. The van der Waals surface area contributed by atoms with E-state index in [0.29, 0.717) is 28.0 Å². The summed E-state index contributed by atoms with van der Waals surface area (Å²) in [6, 6.07) is 9.45. The summed E-state index contributed by atoms with van der Waals surface area (Å²) in [4.78, 5) is 27.0. The second-order valence-electron chi connectivity index (χ2n) is 7.06. The molecule has 1 aliphatic rings. The van der Waals surface area contributed by atoms with Crippen molar-refractivity contribution in [2.24, 2.45) is 10.7 Å². The van der Waals surface area contributed by atoms with Crippen molar-refractivity contribution in [2.75, 3.05) is 14.2 Å². The summed E-state index contributed by atoms with van der Waals surface area (Å²) in [5.41, 5.74) is 6.48. The number of alkyl halides is 1. The number of hydrogen-bond acceptors (Lipinski definition) is 6. The monoisotopic (exact) mass is 423 g/mol. The van der Waals surface area contributed by atoms with E-state index in [4.69, 9.17) is 10.5 Å². The number of halogens is 2. The van der Waals surface area contributed by atoms with Crippen molar-refractivity contribution in [3.63, 3.8) is 0 Å². The van der Waals surface area contributed by atoms with E-state index in [-0.39, 0.29) is 11.7 Å². The van der Waals surface area contributed by atoms with Crippen LogP contribution in [0.1, 0.15) is 16.8 Å². The Morgan fingerprint density at radius 2 is 1.94 bits per heavy atom. The molecule has 158 valence electrons. The van der Waals surface area contributed by atoms with Gasteiger partial charge >= 0.3 is 0 Å². The summed E-state index contributed by atoms with van der Waals surface area (Å²) in [7, 11) is 2.99. The molecule has 0 bridgehead atoms. The highest BCUT2D eigenvalue weighted by Crippen LogP contribution is 2.42. The zero-order chi connectivity index (χ0) is 22.2. The first-order chi connectivity index (χ1) is 14.9. The number of amides is 1. The number of aromatic nitrogens is 2. The molecule has 3 heterocycles. The summed E-state index contributed by atoms with van der Waals surface area (Å²) in [6.07, 6.45) is 4.02. The van der Waals surface area contributed by atoms with Crippen LogP contribution in [0.5, 0.6) is 5.75 Å². The highest BCUT2D eigenvalue weighted by molar-refractivity contribution is 6.09. The molecule has 2 aromatic heterocycles. The Bertz CT molecular complexity index is 1200. The molecule has 0 fully saturated rings. The molecule has 3 aromatic rings. The second kappa shape index (κ2) is 7.75. The van der Waals surface area contributed by atoms with Gasteiger partial charge < -0.3 is 10.5 Å². The van der Waals surface area contributed by atoms with E-state index in [1.165, 1.54) is 43.6 Å². The van der Waals surface area contributed by atoms with Crippen LogP contribution in [0.4, 0.5) is 8.78 Å². The molecule has 1 atom stereocenters. The van der Waals surface area contributed by atoms with Gasteiger partial charge in [0.15, 0.2) is 11.5 Å². The molecule has 0 aliphatic carbocycles. The number of nitrogens with two attached hydrogens (primary N) is 1. The van der Waals surface area contributed by atoms with Crippen molar-refractivity contribution < 1.29 is 18.3 Å². The summed E-state index contributed by atoms with van der Waals surface area (Å²) < 4.78 is 32.6. The van der Waals surface area contributed by atoms with Gasteiger partial charge in [-0.2, -0.15) is 0 Å². The lowest BCUT2D eigenvalue weighted by atomic mass is 9.81. The van der Waals surface area contributed by atoms with E-state index in [9.17, 15) is 13.6 Å². The van der Waals surface area contributed by atoms with Crippen molar-refractivity contribution in [2.45, 2.75) is 12.2 Å². The lowest BCUT2D eigenvalue weighted by Crippen LogP contribution is -2.41. The molecular weight excluding hydrogens is 404 g/mol. The number of pyridine rings is 2. The topological polar surface area (TPSA) is 93.7 Å². The third-order valence-electron chi connectivity index (χ3n) is 5.21. The molecule has 31 heavy (non-hydrogen) atoms. The van der Waals surface area contributed by atoms with Crippen molar-refractivity contribution in [1.82, 2.24) is 14.9 Å². The van der Waals surface area contributed by atoms with Gasteiger partial charge in [0.2, 0.25) is 0 Å². The van der Waals surface area contributed by atoms with E-state index < -0.39 is 23.9 Å². The third-order valence-corrected chi connectivity index (χ3v) is 5.21. The number of aliphatic imine (C=N–C) groups is 1. The summed E-state index contributed by atoms with van der Waals surface area (Å²) in [5, 5.41) is 0. The van der Waals surface area contributed by atoms with Crippen LogP contribution in [0.2, 0.25) is 0 Å². The number of carbonyl (C=O) groups excluding carboxylic acids is 1. The fraction of sp³-hybridized carbons (Fsp3) is 0.182. The van der Waals surface area contributed by atoms with E-state index in [1.54, 1.807) is 24.3 Å². The van der Waals surface area contributed by atoms with Crippen molar-refractivity contribution in [1.29, 1.82) is 0 Å². The van der Waals surface area contributed by atoms with Crippen LogP contribution in [-0.2, 0) is 17.0 Å². The first kappa shape index (κ1) is 20.4. The van der Waals surface area contributed by atoms with Gasteiger partial charge in [-0.25, -0.2) is 13.8 Å². The normalized spacial score (nSPS) is 18.3. The maximum Gasteiger partial charge on any atom is 0.266 e. The van der Waals surface area contributed by atoms with Gasteiger partial charge in [0.05, 0.1) is 19.0 Å². The first-order valence-corrected chi connectivity index (χ1v) is 9.34. The lowest BCUT2D eigenvalue weighted by molar-refractivity contribution is -0.129. The molecule has 1 aromatic carbocycles. The maximum absolute atomic E-state index is 13.8. The SMILES string of the molecule is COc1cc(-c2cncc(F)c2)cc(C2(c3ccnc(CF)c3)N=C(N)N(C)C2=O)c1. The Balaban J connectivity index is 2.00. The Morgan fingerprint density at radius 1 is 1.13 bits per heavy atom. The van der Waals surface area contributed by atoms with Gasteiger partial charge in [-0.15, -0.1) is 0 Å². The molecule has 0 saturated heterocycles. The number of likely N-dealkylation sites (N-methyl/N-ethyl adjacent to an activating group) is 1. The van der Waals surface area contributed by atoms with Crippen LogP contribution in [0.15, 0.2) is 60.0 Å². The van der Waals surface area contributed by atoms with Gasteiger partial charge in [-0.1, -0.05) is 0 Å². The zero-order valence-electron chi connectivity index (χ0n) is 16.8. The van der Waals surface area contributed by atoms with Crippen LogP contribution in [-0.4, -0.2) is 40.9 Å². The second-order valence-corrected chi connectivity index (χ2v) is 7.06.